The predicted molar refractivity (Wildman–Crippen MR) is 104 cm³/mol. The van der Waals surface area contributed by atoms with Crippen LogP contribution in [0.15, 0.2) is 34.1 Å². The molecule has 0 aliphatic heterocycles. The van der Waals surface area contributed by atoms with E-state index < -0.39 is 0 Å². The fourth-order valence-electron chi connectivity index (χ4n) is 2.27. The Morgan fingerprint density at radius 3 is 2.28 bits per heavy atom. The van der Waals surface area contributed by atoms with Gasteiger partial charge in [0.1, 0.15) is 0 Å². The number of carbonyl (C=O) groups excluding carboxylic acids is 1. The Kier molecular flexibility index (Phi) is 6.90. The number of thiophene rings is 1. The number of amides is 1. The number of benzene rings is 1. The third-order valence-electron chi connectivity index (χ3n) is 3.54. The summed E-state index contributed by atoms with van der Waals surface area (Å²) in [5, 5.41) is 2.93. The zero-order valence-electron chi connectivity index (χ0n) is 14.5. The van der Waals surface area contributed by atoms with Crippen molar-refractivity contribution in [2.75, 3.05) is 21.3 Å². The highest BCUT2D eigenvalue weighted by Gasteiger charge is 2.17. The van der Waals surface area contributed by atoms with Gasteiger partial charge in [-0.2, -0.15) is 0 Å². The Balaban J connectivity index is 2.13. The summed E-state index contributed by atoms with van der Waals surface area (Å²) in [5.74, 6) is 1.45. The van der Waals surface area contributed by atoms with Gasteiger partial charge < -0.3 is 19.5 Å². The molecule has 1 amide bonds. The summed E-state index contributed by atoms with van der Waals surface area (Å²) < 4.78 is 17.0. The Bertz CT molecular complexity index is 747. The number of carbonyl (C=O) groups is 1. The second-order valence-electron chi connectivity index (χ2n) is 5.16. The van der Waals surface area contributed by atoms with Crippen molar-refractivity contribution in [1.82, 2.24) is 5.32 Å². The van der Waals surface area contributed by atoms with Crippen LogP contribution in [0.3, 0.4) is 0 Å². The lowest BCUT2D eigenvalue weighted by molar-refractivity contribution is -0.117. The molecule has 7 heteroatoms. The molecule has 1 heterocycles. The van der Waals surface area contributed by atoms with Gasteiger partial charge in [0.2, 0.25) is 11.7 Å². The Morgan fingerprint density at radius 1 is 1.16 bits per heavy atom. The van der Waals surface area contributed by atoms with Gasteiger partial charge in [0.25, 0.3) is 0 Å². The molecule has 2 rings (SSSR count). The van der Waals surface area contributed by atoms with Gasteiger partial charge in [0, 0.05) is 11.0 Å². The molecule has 0 bridgehead atoms. The lowest BCUT2D eigenvalue weighted by Gasteiger charge is -2.18. The second kappa shape index (κ2) is 8.92. The van der Waals surface area contributed by atoms with E-state index in [0.29, 0.717) is 17.2 Å². The number of ether oxygens (including phenoxy) is 3. The van der Waals surface area contributed by atoms with Crippen molar-refractivity contribution in [3.8, 4) is 17.2 Å². The van der Waals surface area contributed by atoms with Crippen LogP contribution < -0.4 is 19.5 Å². The molecule has 25 heavy (non-hydrogen) atoms. The first kappa shape index (κ1) is 19.3. The van der Waals surface area contributed by atoms with E-state index in [9.17, 15) is 4.79 Å². The Labute approximate surface area is 159 Å². The van der Waals surface area contributed by atoms with E-state index in [-0.39, 0.29) is 11.9 Å². The molecule has 1 aromatic heterocycles. The number of nitrogens with one attached hydrogen (secondary N) is 1. The van der Waals surface area contributed by atoms with Crippen LogP contribution in [0.25, 0.3) is 6.08 Å². The van der Waals surface area contributed by atoms with Gasteiger partial charge in [0.05, 0.1) is 31.2 Å². The van der Waals surface area contributed by atoms with Gasteiger partial charge in [-0.25, -0.2) is 0 Å². The monoisotopic (exact) mass is 425 g/mol. The molecule has 0 radical (unpaired) electrons. The molecule has 1 unspecified atom stereocenters. The zero-order chi connectivity index (χ0) is 18.4. The van der Waals surface area contributed by atoms with E-state index in [2.05, 4.69) is 21.2 Å². The van der Waals surface area contributed by atoms with E-state index in [1.54, 1.807) is 38.7 Å². The van der Waals surface area contributed by atoms with Crippen LogP contribution in [0.5, 0.6) is 17.2 Å². The summed E-state index contributed by atoms with van der Waals surface area (Å²) >= 11 is 4.96. The van der Waals surface area contributed by atoms with E-state index >= 15 is 0 Å². The van der Waals surface area contributed by atoms with Crippen molar-refractivity contribution in [2.24, 2.45) is 0 Å². The predicted octanol–water partition coefficient (Wildman–Crippen LogP) is 4.43. The molecule has 0 fully saturated rings. The highest BCUT2D eigenvalue weighted by atomic mass is 79.9. The SMILES string of the molecule is COc1cc(C(C)NC(=O)/C=C/c2ccc(Br)s2)cc(OC)c1OC. The van der Waals surface area contributed by atoms with E-state index in [1.165, 1.54) is 6.08 Å². The maximum Gasteiger partial charge on any atom is 0.244 e. The number of methoxy groups -OCH3 is 3. The average molecular weight is 426 g/mol. The van der Waals surface area contributed by atoms with Crippen molar-refractivity contribution in [3.05, 3.63) is 44.6 Å². The number of rotatable bonds is 7. The molecule has 1 N–H and O–H groups in total. The van der Waals surface area contributed by atoms with Crippen molar-refractivity contribution in [1.29, 1.82) is 0 Å². The van der Waals surface area contributed by atoms with Crippen molar-refractivity contribution >= 4 is 39.2 Å². The minimum Gasteiger partial charge on any atom is -0.493 e. The van der Waals surface area contributed by atoms with Crippen molar-refractivity contribution < 1.29 is 19.0 Å². The second-order valence-corrected chi connectivity index (χ2v) is 7.66. The molecule has 1 atom stereocenters. The molecule has 0 spiro atoms. The summed E-state index contributed by atoms with van der Waals surface area (Å²) in [7, 11) is 4.68. The third kappa shape index (κ3) is 4.99. The van der Waals surface area contributed by atoms with Crippen LogP contribution in [-0.4, -0.2) is 27.2 Å². The zero-order valence-corrected chi connectivity index (χ0v) is 16.9. The smallest absolute Gasteiger partial charge is 0.244 e. The van der Waals surface area contributed by atoms with E-state index in [0.717, 1.165) is 14.2 Å². The van der Waals surface area contributed by atoms with E-state index in [1.807, 2.05) is 31.2 Å². The third-order valence-corrected chi connectivity index (χ3v) is 5.13. The highest BCUT2D eigenvalue weighted by molar-refractivity contribution is 9.11. The maximum atomic E-state index is 12.1. The molecule has 5 nitrogen and oxygen atoms in total. The summed E-state index contributed by atoms with van der Waals surface area (Å²) in [4.78, 5) is 13.1. The fraction of sp³-hybridized carbons (Fsp3) is 0.278. The van der Waals surface area contributed by atoms with Gasteiger partial charge in [-0.1, -0.05) is 0 Å². The van der Waals surface area contributed by atoms with Gasteiger partial charge in [-0.05, 0) is 58.8 Å². The summed E-state index contributed by atoms with van der Waals surface area (Å²) in [5.41, 5.74) is 0.857. The highest BCUT2D eigenvalue weighted by Crippen LogP contribution is 2.39. The van der Waals surface area contributed by atoms with Gasteiger partial charge in [-0.3, -0.25) is 4.79 Å². The van der Waals surface area contributed by atoms with Gasteiger partial charge >= 0.3 is 0 Å². The molecule has 0 saturated carbocycles. The normalized spacial score (nSPS) is 12.0. The molecule has 0 saturated heterocycles. The fourth-order valence-corrected chi connectivity index (χ4v) is 3.60. The summed E-state index contributed by atoms with van der Waals surface area (Å²) in [6.07, 6.45) is 3.30. The first-order valence-corrected chi connectivity index (χ1v) is 9.13. The average Bonchev–Trinajstić information content (AvgIpc) is 3.03. The van der Waals surface area contributed by atoms with Crippen LogP contribution in [0.4, 0.5) is 0 Å². The molecular weight excluding hydrogens is 406 g/mol. The molecule has 1 aromatic carbocycles. The molecule has 2 aromatic rings. The van der Waals surface area contributed by atoms with Crippen molar-refractivity contribution in [3.63, 3.8) is 0 Å². The molecule has 134 valence electrons. The maximum absolute atomic E-state index is 12.1. The Morgan fingerprint density at radius 2 is 1.80 bits per heavy atom. The first-order valence-electron chi connectivity index (χ1n) is 7.52. The summed E-state index contributed by atoms with van der Waals surface area (Å²) in [6, 6.07) is 7.32. The number of hydrogen-bond donors (Lipinski definition) is 1. The lowest BCUT2D eigenvalue weighted by atomic mass is 10.1. The first-order chi connectivity index (χ1) is 12.0. The minimum absolute atomic E-state index is 0.175. The largest absolute Gasteiger partial charge is 0.493 e. The van der Waals surface area contributed by atoms with Crippen molar-refractivity contribution in [2.45, 2.75) is 13.0 Å². The minimum atomic E-state index is -0.221. The lowest BCUT2D eigenvalue weighted by Crippen LogP contribution is -2.24. The molecular formula is C18H20BrNO4S. The van der Waals surface area contributed by atoms with E-state index in [4.69, 9.17) is 14.2 Å². The van der Waals surface area contributed by atoms with Gasteiger partial charge in [-0.15, -0.1) is 11.3 Å². The Hall–Kier alpha value is -1.99. The van der Waals surface area contributed by atoms with Crippen LogP contribution in [0, 0.1) is 0 Å². The topological polar surface area (TPSA) is 56.8 Å². The molecule has 0 aliphatic rings. The van der Waals surface area contributed by atoms with Crippen LogP contribution >= 0.6 is 27.3 Å². The van der Waals surface area contributed by atoms with Gasteiger partial charge in [0.15, 0.2) is 11.5 Å². The quantitative estimate of drug-likeness (QED) is 0.666. The number of halogens is 1. The standard InChI is InChI=1S/C18H20BrNO4S/c1-11(20-17(21)8-6-13-5-7-16(19)25-13)12-9-14(22-2)18(24-4)15(10-12)23-3/h5-11H,1-4H3,(H,20,21)/b8-6+. The molecule has 0 aliphatic carbocycles. The summed E-state index contributed by atoms with van der Waals surface area (Å²) in [6.45, 7) is 1.90. The van der Waals surface area contributed by atoms with Crippen LogP contribution in [0.2, 0.25) is 0 Å². The van der Waals surface area contributed by atoms with Crippen LogP contribution in [0.1, 0.15) is 23.4 Å². The van der Waals surface area contributed by atoms with Crippen LogP contribution in [-0.2, 0) is 4.79 Å². The number of hydrogen-bond acceptors (Lipinski definition) is 5.